The van der Waals surface area contributed by atoms with Gasteiger partial charge < -0.3 is 10.4 Å². The van der Waals surface area contributed by atoms with Gasteiger partial charge in [0.2, 0.25) is 5.91 Å². The fourth-order valence-corrected chi connectivity index (χ4v) is 1.78. The first kappa shape index (κ1) is 11.5. The standard InChI is InChI=1S/C10H20N2O2/c1-8(2)11-10(14)6-12-4-3-9(5-12)7-13/h8-9,13H,3-7H2,1-2H3,(H,11,14). The summed E-state index contributed by atoms with van der Waals surface area (Å²) >= 11 is 0. The number of aliphatic hydroxyl groups is 1. The van der Waals surface area contributed by atoms with Gasteiger partial charge in [0.1, 0.15) is 0 Å². The Labute approximate surface area is 85.3 Å². The molecule has 0 aromatic rings. The van der Waals surface area contributed by atoms with Crippen molar-refractivity contribution in [1.82, 2.24) is 10.2 Å². The average molecular weight is 200 g/mol. The van der Waals surface area contributed by atoms with E-state index < -0.39 is 0 Å². The van der Waals surface area contributed by atoms with E-state index >= 15 is 0 Å². The van der Waals surface area contributed by atoms with Crippen LogP contribution in [0.25, 0.3) is 0 Å². The Balaban J connectivity index is 2.22. The zero-order valence-electron chi connectivity index (χ0n) is 8.99. The smallest absolute Gasteiger partial charge is 0.234 e. The van der Waals surface area contributed by atoms with E-state index in [4.69, 9.17) is 5.11 Å². The Morgan fingerprint density at radius 3 is 2.86 bits per heavy atom. The summed E-state index contributed by atoms with van der Waals surface area (Å²) in [5.74, 6) is 0.445. The van der Waals surface area contributed by atoms with Crippen LogP contribution in [0, 0.1) is 5.92 Å². The van der Waals surface area contributed by atoms with Crippen molar-refractivity contribution in [2.75, 3.05) is 26.2 Å². The predicted octanol–water partition coefficient (Wildman–Crippen LogP) is -0.175. The fraction of sp³-hybridized carbons (Fsp3) is 0.900. The maximum absolute atomic E-state index is 11.4. The number of amides is 1. The minimum atomic E-state index is 0.0820. The van der Waals surface area contributed by atoms with Crippen LogP contribution in [0.4, 0.5) is 0 Å². The Hall–Kier alpha value is -0.610. The van der Waals surface area contributed by atoms with E-state index in [1.165, 1.54) is 0 Å². The summed E-state index contributed by atoms with van der Waals surface area (Å²) in [6.45, 7) is 6.40. The lowest BCUT2D eigenvalue weighted by atomic mass is 10.1. The van der Waals surface area contributed by atoms with Gasteiger partial charge in [-0.2, -0.15) is 0 Å². The Morgan fingerprint density at radius 2 is 2.36 bits per heavy atom. The molecule has 1 fully saturated rings. The van der Waals surface area contributed by atoms with E-state index in [1.807, 2.05) is 13.8 Å². The molecule has 0 aliphatic carbocycles. The van der Waals surface area contributed by atoms with Crippen LogP contribution in [0.3, 0.4) is 0 Å². The highest BCUT2D eigenvalue weighted by molar-refractivity contribution is 5.78. The molecule has 0 spiro atoms. The van der Waals surface area contributed by atoms with Crippen molar-refractivity contribution in [2.45, 2.75) is 26.3 Å². The lowest BCUT2D eigenvalue weighted by molar-refractivity contribution is -0.122. The van der Waals surface area contributed by atoms with Gasteiger partial charge in [0.25, 0.3) is 0 Å². The highest BCUT2D eigenvalue weighted by Gasteiger charge is 2.23. The quantitative estimate of drug-likeness (QED) is 0.662. The molecule has 1 heterocycles. The number of nitrogens with one attached hydrogen (secondary N) is 1. The summed E-state index contributed by atoms with van der Waals surface area (Å²) in [5, 5.41) is 11.8. The Bertz CT molecular complexity index is 195. The number of nitrogens with zero attached hydrogens (tertiary/aromatic N) is 1. The minimum absolute atomic E-state index is 0.0820. The van der Waals surface area contributed by atoms with Crippen LogP contribution in [-0.4, -0.2) is 48.2 Å². The molecular weight excluding hydrogens is 180 g/mol. The van der Waals surface area contributed by atoms with Crippen LogP contribution in [0.15, 0.2) is 0 Å². The summed E-state index contributed by atoms with van der Waals surface area (Å²) in [6, 6.07) is 0.207. The molecule has 1 amide bonds. The van der Waals surface area contributed by atoms with Crippen LogP contribution in [-0.2, 0) is 4.79 Å². The molecule has 2 N–H and O–H groups in total. The van der Waals surface area contributed by atoms with Gasteiger partial charge in [-0.3, -0.25) is 9.69 Å². The Morgan fingerprint density at radius 1 is 1.64 bits per heavy atom. The highest BCUT2D eigenvalue weighted by atomic mass is 16.3. The van der Waals surface area contributed by atoms with E-state index in [9.17, 15) is 4.79 Å². The second-order valence-electron chi connectivity index (χ2n) is 4.29. The summed E-state index contributed by atoms with van der Waals surface area (Å²) in [4.78, 5) is 13.5. The third-order valence-corrected chi connectivity index (χ3v) is 2.45. The zero-order valence-corrected chi connectivity index (χ0v) is 8.99. The topological polar surface area (TPSA) is 52.6 Å². The molecule has 0 saturated carbocycles. The van der Waals surface area contributed by atoms with Gasteiger partial charge in [-0.1, -0.05) is 0 Å². The van der Waals surface area contributed by atoms with E-state index in [-0.39, 0.29) is 18.6 Å². The number of hydrogen-bond acceptors (Lipinski definition) is 3. The molecule has 1 aliphatic rings. The third-order valence-electron chi connectivity index (χ3n) is 2.45. The van der Waals surface area contributed by atoms with Crippen molar-refractivity contribution in [1.29, 1.82) is 0 Å². The lowest BCUT2D eigenvalue weighted by Crippen LogP contribution is -2.39. The Kier molecular flexibility index (Phi) is 4.35. The maximum atomic E-state index is 11.4. The summed E-state index contributed by atoms with van der Waals surface area (Å²) in [7, 11) is 0. The number of hydrogen-bond donors (Lipinski definition) is 2. The molecule has 0 aromatic carbocycles. The fourth-order valence-electron chi connectivity index (χ4n) is 1.78. The van der Waals surface area contributed by atoms with Crippen molar-refractivity contribution in [3.05, 3.63) is 0 Å². The minimum Gasteiger partial charge on any atom is -0.396 e. The second kappa shape index (κ2) is 5.32. The molecule has 1 atom stereocenters. The average Bonchev–Trinajstić information content (AvgIpc) is 2.50. The molecule has 14 heavy (non-hydrogen) atoms. The maximum Gasteiger partial charge on any atom is 0.234 e. The predicted molar refractivity (Wildman–Crippen MR) is 54.9 cm³/mol. The highest BCUT2D eigenvalue weighted by Crippen LogP contribution is 2.14. The number of rotatable bonds is 4. The first-order chi connectivity index (χ1) is 6.61. The number of carbonyl (C=O) groups excluding carboxylic acids is 1. The molecule has 1 saturated heterocycles. The summed E-state index contributed by atoms with van der Waals surface area (Å²) in [5.41, 5.74) is 0. The van der Waals surface area contributed by atoms with E-state index in [0.29, 0.717) is 12.5 Å². The molecule has 82 valence electrons. The number of aliphatic hydroxyl groups excluding tert-OH is 1. The van der Waals surface area contributed by atoms with Crippen LogP contribution >= 0.6 is 0 Å². The van der Waals surface area contributed by atoms with Crippen molar-refractivity contribution >= 4 is 5.91 Å². The van der Waals surface area contributed by atoms with Gasteiger partial charge in [-0.05, 0) is 32.7 Å². The number of carbonyl (C=O) groups is 1. The monoisotopic (exact) mass is 200 g/mol. The van der Waals surface area contributed by atoms with Crippen LogP contribution in [0.1, 0.15) is 20.3 Å². The molecular formula is C10H20N2O2. The normalized spacial score (nSPS) is 23.0. The number of likely N-dealkylation sites (tertiary alicyclic amines) is 1. The van der Waals surface area contributed by atoms with Gasteiger partial charge in [-0.15, -0.1) is 0 Å². The molecule has 4 nitrogen and oxygen atoms in total. The van der Waals surface area contributed by atoms with Crippen LogP contribution in [0.5, 0.6) is 0 Å². The third kappa shape index (κ3) is 3.64. The second-order valence-corrected chi connectivity index (χ2v) is 4.29. The van der Waals surface area contributed by atoms with Gasteiger partial charge in [0.05, 0.1) is 6.54 Å². The summed E-state index contributed by atoms with van der Waals surface area (Å²) in [6.07, 6.45) is 1.01. The molecule has 4 heteroatoms. The van der Waals surface area contributed by atoms with Crippen LogP contribution in [0.2, 0.25) is 0 Å². The van der Waals surface area contributed by atoms with Crippen LogP contribution < -0.4 is 5.32 Å². The van der Waals surface area contributed by atoms with Crippen molar-refractivity contribution < 1.29 is 9.90 Å². The van der Waals surface area contributed by atoms with Crippen molar-refractivity contribution in [3.8, 4) is 0 Å². The van der Waals surface area contributed by atoms with Crippen molar-refractivity contribution in [3.63, 3.8) is 0 Å². The van der Waals surface area contributed by atoms with Crippen molar-refractivity contribution in [2.24, 2.45) is 5.92 Å². The lowest BCUT2D eigenvalue weighted by Gasteiger charge is -2.16. The molecule has 1 rings (SSSR count). The first-order valence-corrected chi connectivity index (χ1v) is 5.24. The van der Waals surface area contributed by atoms with E-state index in [1.54, 1.807) is 0 Å². The molecule has 0 bridgehead atoms. The molecule has 0 aromatic heterocycles. The zero-order chi connectivity index (χ0) is 10.6. The van der Waals surface area contributed by atoms with Gasteiger partial charge in [0.15, 0.2) is 0 Å². The molecule has 1 aliphatic heterocycles. The first-order valence-electron chi connectivity index (χ1n) is 5.24. The van der Waals surface area contributed by atoms with Gasteiger partial charge in [-0.25, -0.2) is 0 Å². The summed E-state index contributed by atoms with van der Waals surface area (Å²) < 4.78 is 0. The molecule has 0 radical (unpaired) electrons. The largest absolute Gasteiger partial charge is 0.396 e. The molecule has 1 unspecified atom stereocenters. The van der Waals surface area contributed by atoms with Gasteiger partial charge >= 0.3 is 0 Å². The van der Waals surface area contributed by atoms with E-state index in [0.717, 1.165) is 19.5 Å². The SMILES string of the molecule is CC(C)NC(=O)CN1CCC(CO)C1. The van der Waals surface area contributed by atoms with E-state index in [2.05, 4.69) is 10.2 Å². The van der Waals surface area contributed by atoms with Gasteiger partial charge in [0, 0.05) is 19.2 Å².